The molecule has 2 heterocycles. The van der Waals surface area contributed by atoms with E-state index in [-0.39, 0.29) is 24.0 Å². The van der Waals surface area contributed by atoms with E-state index in [1.54, 1.807) is 23.9 Å². The summed E-state index contributed by atoms with van der Waals surface area (Å²) < 4.78 is 30.6. The van der Waals surface area contributed by atoms with E-state index in [9.17, 15) is 13.6 Å². The summed E-state index contributed by atoms with van der Waals surface area (Å²) in [5.41, 5.74) is 1.56. The lowest BCUT2D eigenvalue weighted by Crippen LogP contribution is -2.27. The van der Waals surface area contributed by atoms with Gasteiger partial charge in [-0.05, 0) is 41.3 Å². The predicted octanol–water partition coefficient (Wildman–Crippen LogP) is 4.87. The topological polar surface area (TPSA) is 60.2 Å². The summed E-state index contributed by atoms with van der Waals surface area (Å²) in [5, 5.41) is 6.40. The third-order valence-corrected chi connectivity index (χ3v) is 5.32. The highest BCUT2D eigenvalue weighted by Gasteiger charge is 2.22. The van der Waals surface area contributed by atoms with Crippen molar-refractivity contribution in [3.8, 4) is 22.1 Å². The van der Waals surface area contributed by atoms with Crippen LogP contribution in [0.15, 0.2) is 72.1 Å². The lowest BCUT2D eigenvalue weighted by atomic mass is 10.2. The number of carbonyl (C=O) groups excluding carboxylic acids is 1. The van der Waals surface area contributed by atoms with Gasteiger partial charge < -0.3 is 9.64 Å². The molecule has 4 aromatic rings. The van der Waals surface area contributed by atoms with Crippen molar-refractivity contribution in [2.45, 2.75) is 13.2 Å². The van der Waals surface area contributed by atoms with Crippen LogP contribution in [-0.2, 0) is 6.54 Å². The second-order valence-electron chi connectivity index (χ2n) is 6.67. The van der Waals surface area contributed by atoms with Crippen molar-refractivity contribution in [2.75, 3.05) is 7.05 Å². The Balaban J connectivity index is 1.57. The van der Waals surface area contributed by atoms with Crippen LogP contribution < -0.4 is 4.74 Å². The first-order valence-corrected chi connectivity index (χ1v) is 10.2. The van der Waals surface area contributed by atoms with Crippen molar-refractivity contribution in [3.63, 3.8) is 0 Å². The fourth-order valence-electron chi connectivity index (χ4n) is 3.01. The van der Waals surface area contributed by atoms with Crippen molar-refractivity contribution < 1.29 is 18.3 Å². The molecule has 0 aliphatic heterocycles. The Kier molecular flexibility index (Phi) is 6.03. The summed E-state index contributed by atoms with van der Waals surface area (Å²) in [6.07, 6.45) is 0. The number of carbonyl (C=O) groups is 1. The number of para-hydroxylation sites is 1. The molecule has 0 saturated heterocycles. The zero-order valence-electron chi connectivity index (χ0n) is 16.5. The average Bonchev–Trinajstić information content (AvgIpc) is 3.45. The highest BCUT2D eigenvalue weighted by Crippen LogP contribution is 2.26. The van der Waals surface area contributed by atoms with Crippen LogP contribution >= 0.6 is 11.3 Å². The molecular weight excluding hydrogens is 422 g/mol. The number of amides is 1. The number of alkyl halides is 2. The Bertz CT molecular complexity index is 1150. The average molecular weight is 440 g/mol. The van der Waals surface area contributed by atoms with Gasteiger partial charge in [0.2, 0.25) is 5.82 Å². The van der Waals surface area contributed by atoms with Gasteiger partial charge in [0.15, 0.2) is 5.82 Å². The first-order chi connectivity index (χ1) is 15.0. The van der Waals surface area contributed by atoms with Gasteiger partial charge in [-0.3, -0.25) is 4.79 Å². The van der Waals surface area contributed by atoms with Gasteiger partial charge in [0.25, 0.3) is 5.91 Å². The lowest BCUT2D eigenvalue weighted by Gasteiger charge is -2.15. The maximum absolute atomic E-state index is 13.0. The molecule has 31 heavy (non-hydrogen) atoms. The predicted molar refractivity (Wildman–Crippen MR) is 114 cm³/mol. The summed E-state index contributed by atoms with van der Waals surface area (Å²) >= 11 is 1.51. The molecule has 0 spiro atoms. The van der Waals surface area contributed by atoms with Gasteiger partial charge in [-0.1, -0.05) is 36.4 Å². The van der Waals surface area contributed by atoms with Crippen LogP contribution in [0.3, 0.4) is 0 Å². The number of halogens is 2. The standard InChI is InChI=1S/C22H18F2N4O2S/c1-27(14-15-9-11-17(12-10-15)30-22(23)24)21(29)19-25-20(18-8-5-13-31-18)28(26-19)16-6-3-2-4-7-16/h2-13,22H,14H2,1H3. The summed E-state index contributed by atoms with van der Waals surface area (Å²) in [6.45, 7) is -2.61. The van der Waals surface area contributed by atoms with Crippen LogP contribution in [-0.4, -0.2) is 39.2 Å². The molecule has 2 aromatic heterocycles. The van der Waals surface area contributed by atoms with Crippen molar-refractivity contribution in [1.29, 1.82) is 0 Å². The highest BCUT2D eigenvalue weighted by atomic mass is 32.1. The Morgan fingerprint density at radius 1 is 1.10 bits per heavy atom. The minimum absolute atomic E-state index is 0.0663. The van der Waals surface area contributed by atoms with Crippen molar-refractivity contribution in [1.82, 2.24) is 19.7 Å². The Morgan fingerprint density at radius 3 is 2.48 bits per heavy atom. The first-order valence-electron chi connectivity index (χ1n) is 9.37. The maximum atomic E-state index is 13.0. The molecule has 9 heteroatoms. The number of hydrogen-bond donors (Lipinski definition) is 0. The van der Waals surface area contributed by atoms with E-state index in [0.29, 0.717) is 5.82 Å². The van der Waals surface area contributed by atoms with E-state index in [2.05, 4.69) is 14.8 Å². The van der Waals surface area contributed by atoms with E-state index in [4.69, 9.17) is 0 Å². The number of nitrogens with zero attached hydrogens (tertiary/aromatic N) is 4. The van der Waals surface area contributed by atoms with Crippen LogP contribution in [0.25, 0.3) is 16.4 Å². The zero-order chi connectivity index (χ0) is 21.8. The van der Waals surface area contributed by atoms with Crippen LogP contribution in [0.4, 0.5) is 8.78 Å². The van der Waals surface area contributed by atoms with Gasteiger partial charge in [-0.2, -0.15) is 8.78 Å². The number of thiophene rings is 1. The molecule has 0 radical (unpaired) electrons. The van der Waals surface area contributed by atoms with Crippen molar-refractivity contribution in [2.24, 2.45) is 0 Å². The first kappa shape index (κ1) is 20.7. The van der Waals surface area contributed by atoms with Gasteiger partial charge in [-0.25, -0.2) is 9.67 Å². The monoisotopic (exact) mass is 440 g/mol. The minimum Gasteiger partial charge on any atom is -0.435 e. The molecule has 0 aliphatic carbocycles. The lowest BCUT2D eigenvalue weighted by molar-refractivity contribution is -0.0498. The second kappa shape index (κ2) is 9.05. The van der Waals surface area contributed by atoms with Gasteiger partial charge in [0, 0.05) is 13.6 Å². The molecule has 0 unspecified atom stereocenters. The normalized spacial score (nSPS) is 11.0. The van der Waals surface area contributed by atoms with Crippen molar-refractivity contribution >= 4 is 17.2 Å². The molecule has 1 amide bonds. The zero-order valence-corrected chi connectivity index (χ0v) is 17.3. The van der Waals surface area contributed by atoms with Crippen LogP contribution in [0.5, 0.6) is 5.75 Å². The molecule has 0 bridgehead atoms. The van der Waals surface area contributed by atoms with Gasteiger partial charge in [0.05, 0.1) is 10.6 Å². The molecule has 158 valence electrons. The molecule has 0 N–H and O–H groups in total. The Labute approximate surface area is 181 Å². The summed E-state index contributed by atoms with van der Waals surface area (Å²) in [5.74, 6) is 0.385. The summed E-state index contributed by atoms with van der Waals surface area (Å²) in [4.78, 5) is 19.9. The maximum Gasteiger partial charge on any atom is 0.387 e. The summed E-state index contributed by atoms with van der Waals surface area (Å²) in [7, 11) is 1.64. The third-order valence-electron chi connectivity index (χ3n) is 4.46. The van der Waals surface area contributed by atoms with E-state index in [1.807, 2.05) is 47.8 Å². The van der Waals surface area contributed by atoms with Gasteiger partial charge in [0.1, 0.15) is 5.75 Å². The number of benzene rings is 2. The molecular formula is C22H18F2N4O2S. The van der Waals surface area contributed by atoms with Crippen LogP contribution in [0.2, 0.25) is 0 Å². The molecule has 0 fully saturated rings. The largest absolute Gasteiger partial charge is 0.435 e. The van der Waals surface area contributed by atoms with E-state index >= 15 is 0 Å². The van der Waals surface area contributed by atoms with Crippen LogP contribution in [0.1, 0.15) is 16.2 Å². The highest BCUT2D eigenvalue weighted by molar-refractivity contribution is 7.13. The number of ether oxygens (including phenoxy) is 1. The van der Waals surface area contributed by atoms with E-state index in [1.165, 1.54) is 28.4 Å². The second-order valence-corrected chi connectivity index (χ2v) is 7.62. The molecule has 0 saturated carbocycles. The summed E-state index contributed by atoms with van der Waals surface area (Å²) in [6, 6.07) is 19.5. The van der Waals surface area contributed by atoms with Gasteiger partial charge >= 0.3 is 6.61 Å². The fourth-order valence-corrected chi connectivity index (χ4v) is 3.71. The van der Waals surface area contributed by atoms with E-state index < -0.39 is 6.61 Å². The molecule has 0 atom stereocenters. The quantitative estimate of drug-likeness (QED) is 0.411. The molecule has 2 aromatic carbocycles. The third kappa shape index (κ3) is 4.77. The minimum atomic E-state index is -2.88. The molecule has 0 aliphatic rings. The Morgan fingerprint density at radius 2 is 1.84 bits per heavy atom. The number of hydrogen-bond acceptors (Lipinski definition) is 5. The molecule has 6 nitrogen and oxygen atoms in total. The molecule has 4 rings (SSSR count). The van der Waals surface area contributed by atoms with Crippen LogP contribution in [0, 0.1) is 0 Å². The SMILES string of the molecule is CN(Cc1ccc(OC(F)F)cc1)C(=O)c1nc(-c2cccs2)n(-c2ccccc2)n1. The number of rotatable bonds is 7. The van der Waals surface area contributed by atoms with Crippen molar-refractivity contribution in [3.05, 3.63) is 83.5 Å². The Hall–Kier alpha value is -3.59. The fraction of sp³-hybridized carbons (Fsp3) is 0.136. The van der Waals surface area contributed by atoms with E-state index in [0.717, 1.165) is 16.1 Å². The number of aromatic nitrogens is 3. The smallest absolute Gasteiger partial charge is 0.387 e. The van der Waals surface area contributed by atoms with Gasteiger partial charge in [-0.15, -0.1) is 16.4 Å².